The average molecular weight is 427 g/mol. The molecule has 3 aromatic carbocycles. The first kappa shape index (κ1) is 20.8. The van der Waals surface area contributed by atoms with Crippen LogP contribution in [0, 0.1) is 5.92 Å². The number of nitrogens with zero attached hydrogens (tertiary/aromatic N) is 2. The fraction of sp³-hybridized carbons (Fsp3) is 0.321. The van der Waals surface area contributed by atoms with Gasteiger partial charge in [-0.25, -0.2) is 0 Å². The third-order valence-corrected chi connectivity index (χ3v) is 7.15. The van der Waals surface area contributed by atoms with Crippen molar-refractivity contribution < 1.29 is 9.94 Å². The van der Waals surface area contributed by atoms with Gasteiger partial charge in [0.15, 0.2) is 0 Å². The van der Waals surface area contributed by atoms with E-state index in [0.29, 0.717) is 5.92 Å². The van der Waals surface area contributed by atoms with Gasteiger partial charge in [0.1, 0.15) is 5.75 Å². The van der Waals surface area contributed by atoms with E-state index in [1.165, 1.54) is 22.3 Å². The first-order valence-corrected chi connectivity index (χ1v) is 11.6. The monoisotopic (exact) mass is 426 g/mol. The van der Waals surface area contributed by atoms with Crippen LogP contribution in [0.1, 0.15) is 28.7 Å². The zero-order valence-corrected chi connectivity index (χ0v) is 18.4. The number of oxime groups is 1. The summed E-state index contributed by atoms with van der Waals surface area (Å²) in [5, 5.41) is 13.3. The van der Waals surface area contributed by atoms with Gasteiger partial charge in [-0.2, -0.15) is 0 Å². The molecule has 4 heteroatoms. The normalized spacial score (nSPS) is 18.7. The smallest absolute Gasteiger partial charge is 0.122 e. The molecule has 2 aliphatic heterocycles. The van der Waals surface area contributed by atoms with Crippen molar-refractivity contribution in [1.82, 2.24) is 4.90 Å². The zero-order valence-electron chi connectivity index (χ0n) is 18.4. The molecule has 0 radical (unpaired) electrons. The molecular formula is C28H30N2O2. The van der Waals surface area contributed by atoms with E-state index >= 15 is 0 Å². The topological polar surface area (TPSA) is 45.1 Å². The second-order valence-corrected chi connectivity index (χ2v) is 8.92. The lowest BCUT2D eigenvalue weighted by molar-refractivity contribution is 0.299. The summed E-state index contributed by atoms with van der Waals surface area (Å²) < 4.78 is 5.65. The molecule has 1 saturated heterocycles. The van der Waals surface area contributed by atoms with E-state index in [1.54, 1.807) is 6.21 Å². The molecule has 2 aliphatic rings. The molecule has 2 heterocycles. The van der Waals surface area contributed by atoms with Crippen molar-refractivity contribution in [2.75, 3.05) is 26.2 Å². The van der Waals surface area contributed by atoms with Gasteiger partial charge in [0.2, 0.25) is 0 Å². The van der Waals surface area contributed by atoms with Crippen LogP contribution in [0.2, 0.25) is 0 Å². The lowest BCUT2D eigenvalue weighted by Gasteiger charge is -2.37. The molecule has 1 fully saturated rings. The van der Waals surface area contributed by atoms with Crippen LogP contribution in [-0.4, -0.2) is 42.6 Å². The standard InChI is InChI=1S/C28H30N2O2/c31-29-21-28(24-7-3-1-4-8-24,25-9-5-2-6-10-25)26-14-17-30(20-26)16-13-22-11-12-27-23(19-22)15-18-32-27/h1-12,19,21,26,31H,13-18,20H2/b29-21+/t26-/m1/s1. The molecule has 0 spiro atoms. The van der Waals surface area contributed by atoms with Gasteiger partial charge in [0.25, 0.3) is 0 Å². The largest absolute Gasteiger partial charge is 0.493 e. The molecule has 4 nitrogen and oxygen atoms in total. The van der Waals surface area contributed by atoms with Gasteiger partial charge in [-0.05, 0) is 53.6 Å². The van der Waals surface area contributed by atoms with E-state index in [2.05, 4.69) is 76.8 Å². The Balaban J connectivity index is 1.37. The molecule has 32 heavy (non-hydrogen) atoms. The third-order valence-electron chi connectivity index (χ3n) is 7.15. The van der Waals surface area contributed by atoms with Gasteiger partial charge in [0, 0.05) is 19.5 Å². The first-order chi connectivity index (χ1) is 15.8. The highest BCUT2D eigenvalue weighted by Gasteiger charge is 2.44. The number of rotatable bonds is 7. The van der Waals surface area contributed by atoms with Crippen molar-refractivity contribution in [1.29, 1.82) is 0 Å². The lowest BCUT2D eigenvalue weighted by Crippen LogP contribution is -2.40. The van der Waals surface area contributed by atoms with Crippen LogP contribution in [0.3, 0.4) is 0 Å². The van der Waals surface area contributed by atoms with Crippen LogP contribution in [-0.2, 0) is 18.3 Å². The predicted octanol–water partition coefficient (Wildman–Crippen LogP) is 4.93. The van der Waals surface area contributed by atoms with Gasteiger partial charge >= 0.3 is 0 Å². The van der Waals surface area contributed by atoms with Crippen molar-refractivity contribution in [3.8, 4) is 5.75 Å². The molecule has 0 bridgehead atoms. The number of ether oxygens (including phenoxy) is 1. The highest BCUT2D eigenvalue weighted by atomic mass is 16.5. The number of likely N-dealkylation sites (tertiary alicyclic amines) is 1. The maximum atomic E-state index is 9.73. The molecular weight excluding hydrogens is 396 g/mol. The predicted molar refractivity (Wildman–Crippen MR) is 128 cm³/mol. The molecule has 0 amide bonds. The maximum absolute atomic E-state index is 9.73. The zero-order chi connectivity index (χ0) is 21.8. The van der Waals surface area contributed by atoms with Crippen molar-refractivity contribution >= 4 is 6.21 Å². The van der Waals surface area contributed by atoms with Crippen molar-refractivity contribution in [2.45, 2.75) is 24.7 Å². The Hall–Kier alpha value is -3.11. The Morgan fingerprint density at radius 1 is 1.00 bits per heavy atom. The molecule has 0 unspecified atom stereocenters. The summed E-state index contributed by atoms with van der Waals surface area (Å²) in [7, 11) is 0. The van der Waals surface area contributed by atoms with Gasteiger partial charge in [-0.1, -0.05) is 72.8 Å². The van der Waals surface area contributed by atoms with Gasteiger partial charge < -0.3 is 14.8 Å². The highest BCUT2D eigenvalue weighted by Crippen LogP contribution is 2.42. The van der Waals surface area contributed by atoms with Gasteiger partial charge in [-0.15, -0.1) is 5.16 Å². The summed E-state index contributed by atoms with van der Waals surface area (Å²) in [5.41, 5.74) is 4.63. The minimum Gasteiger partial charge on any atom is -0.493 e. The van der Waals surface area contributed by atoms with E-state index < -0.39 is 5.41 Å². The van der Waals surface area contributed by atoms with Gasteiger partial charge in [0.05, 0.1) is 18.2 Å². The quantitative estimate of drug-likeness (QED) is 0.331. The van der Waals surface area contributed by atoms with E-state index in [0.717, 1.165) is 51.3 Å². The van der Waals surface area contributed by atoms with Crippen LogP contribution in [0.5, 0.6) is 5.75 Å². The van der Waals surface area contributed by atoms with Crippen molar-refractivity contribution in [3.63, 3.8) is 0 Å². The number of hydrogen-bond donors (Lipinski definition) is 1. The minimum absolute atomic E-state index is 0.330. The average Bonchev–Trinajstić information content (AvgIpc) is 3.52. The Morgan fingerprint density at radius 3 is 2.41 bits per heavy atom. The fourth-order valence-corrected chi connectivity index (χ4v) is 5.50. The van der Waals surface area contributed by atoms with E-state index in [9.17, 15) is 5.21 Å². The van der Waals surface area contributed by atoms with Crippen LogP contribution >= 0.6 is 0 Å². The summed E-state index contributed by atoms with van der Waals surface area (Å²) >= 11 is 0. The van der Waals surface area contributed by atoms with Gasteiger partial charge in [-0.3, -0.25) is 0 Å². The first-order valence-electron chi connectivity index (χ1n) is 11.6. The summed E-state index contributed by atoms with van der Waals surface area (Å²) in [6, 6.07) is 27.6. The summed E-state index contributed by atoms with van der Waals surface area (Å²) in [5.74, 6) is 1.38. The van der Waals surface area contributed by atoms with Crippen molar-refractivity contribution in [3.05, 3.63) is 101 Å². The Morgan fingerprint density at radius 2 is 1.72 bits per heavy atom. The molecule has 1 N–H and O–H groups in total. The molecule has 0 aromatic heterocycles. The van der Waals surface area contributed by atoms with E-state index in [4.69, 9.17) is 4.74 Å². The minimum atomic E-state index is -0.447. The van der Waals surface area contributed by atoms with Crippen LogP contribution in [0.25, 0.3) is 0 Å². The Kier molecular flexibility index (Phi) is 5.95. The van der Waals surface area contributed by atoms with Crippen LogP contribution in [0.4, 0.5) is 0 Å². The third kappa shape index (κ3) is 3.91. The number of hydrogen-bond acceptors (Lipinski definition) is 4. The molecule has 164 valence electrons. The Bertz CT molecular complexity index is 1030. The second-order valence-electron chi connectivity index (χ2n) is 8.92. The second kappa shape index (κ2) is 9.17. The SMILES string of the molecule is O/N=C/C(c1ccccc1)(c1ccccc1)[C@@H]1CCN(CCc2ccc3c(c2)CCO3)C1. The van der Waals surface area contributed by atoms with Crippen LogP contribution in [0.15, 0.2) is 84.0 Å². The molecule has 0 aliphatic carbocycles. The molecule has 3 aromatic rings. The number of benzene rings is 3. The highest BCUT2D eigenvalue weighted by molar-refractivity contribution is 5.79. The lowest BCUT2D eigenvalue weighted by atomic mass is 9.66. The summed E-state index contributed by atoms with van der Waals surface area (Å²) in [4.78, 5) is 2.56. The Labute approximate surface area is 190 Å². The summed E-state index contributed by atoms with van der Waals surface area (Å²) in [6.07, 6.45) is 4.88. The maximum Gasteiger partial charge on any atom is 0.122 e. The number of fused-ring (bicyclic) bond motifs is 1. The van der Waals surface area contributed by atoms with E-state index in [-0.39, 0.29) is 0 Å². The summed E-state index contributed by atoms with van der Waals surface area (Å²) in [6.45, 7) is 3.87. The molecule has 0 saturated carbocycles. The van der Waals surface area contributed by atoms with Crippen LogP contribution < -0.4 is 4.74 Å². The van der Waals surface area contributed by atoms with E-state index in [1.807, 2.05) is 12.1 Å². The van der Waals surface area contributed by atoms with Crippen molar-refractivity contribution in [2.24, 2.45) is 11.1 Å². The molecule has 1 atom stereocenters. The molecule has 5 rings (SSSR count). The fourth-order valence-electron chi connectivity index (χ4n) is 5.50.